The third-order valence-electron chi connectivity index (χ3n) is 10.0. The second-order valence-corrected chi connectivity index (χ2v) is 16.9. The van der Waals surface area contributed by atoms with Crippen LogP contribution in [0.2, 0.25) is 0 Å². The molecule has 3 aromatic rings. The fourth-order valence-corrected chi connectivity index (χ4v) is 7.93. The second kappa shape index (κ2) is 22.5. The molecule has 18 nitrogen and oxygen atoms in total. The first-order valence-electron chi connectivity index (χ1n) is 20.2. The van der Waals surface area contributed by atoms with E-state index >= 15 is 0 Å². The number of nitrogens with zero attached hydrogens (tertiary/aromatic N) is 6. The number of hydrogen-bond acceptors (Lipinski definition) is 13. The predicted molar refractivity (Wildman–Crippen MR) is 215 cm³/mol. The van der Waals surface area contributed by atoms with Gasteiger partial charge in [-0.05, 0) is 49.1 Å². The van der Waals surface area contributed by atoms with Gasteiger partial charge in [-0.15, -0.1) is 5.10 Å². The number of amides is 4. The van der Waals surface area contributed by atoms with Gasteiger partial charge in [0.05, 0.1) is 31.7 Å². The van der Waals surface area contributed by atoms with Crippen LogP contribution >= 0.6 is 11.8 Å². The van der Waals surface area contributed by atoms with Gasteiger partial charge in [-0.2, -0.15) is 0 Å². The predicted octanol–water partition coefficient (Wildman–Crippen LogP) is 1.62. The van der Waals surface area contributed by atoms with Gasteiger partial charge in [0.15, 0.2) is 0 Å². The Labute approximate surface area is 343 Å². The molecule has 1 aliphatic carbocycles. The number of alkyl carbamates (subject to hydrolysis) is 1. The maximum absolute atomic E-state index is 14.3. The molecular weight excluding hydrogens is 767 g/mol. The third kappa shape index (κ3) is 15.3. The molecule has 1 saturated heterocycles. The van der Waals surface area contributed by atoms with Gasteiger partial charge in [0.1, 0.15) is 24.2 Å². The highest BCUT2D eigenvalue weighted by Gasteiger charge is 2.33. The molecule has 4 amide bonds. The zero-order valence-corrected chi connectivity index (χ0v) is 34.5. The summed E-state index contributed by atoms with van der Waals surface area (Å²) in [5.41, 5.74) is 0.617. The summed E-state index contributed by atoms with van der Waals surface area (Å²) in [4.78, 5) is 63.2. The van der Waals surface area contributed by atoms with Crippen molar-refractivity contribution >= 4 is 35.6 Å². The monoisotopic (exact) mass is 825 g/mol. The van der Waals surface area contributed by atoms with Gasteiger partial charge in [-0.1, -0.05) is 74.2 Å². The number of benzene rings is 1. The summed E-state index contributed by atoms with van der Waals surface area (Å²) < 4.78 is 12.2. The van der Waals surface area contributed by atoms with Gasteiger partial charge in [-0.25, -0.2) is 14.5 Å². The third-order valence-corrected chi connectivity index (χ3v) is 11.1. The Hall–Kier alpha value is -4.59. The molecule has 2 aromatic heterocycles. The van der Waals surface area contributed by atoms with Crippen LogP contribution in [0, 0.1) is 5.92 Å². The smallest absolute Gasteiger partial charge is 0.408 e. The number of imidazole rings is 1. The number of rotatable bonds is 20. The number of aromatic nitrogens is 6. The molecule has 58 heavy (non-hydrogen) atoms. The molecule has 5 rings (SSSR count). The van der Waals surface area contributed by atoms with E-state index in [-0.39, 0.29) is 31.0 Å². The van der Waals surface area contributed by atoms with Crippen molar-refractivity contribution in [3.05, 3.63) is 54.1 Å². The van der Waals surface area contributed by atoms with Crippen LogP contribution in [0.15, 0.2) is 48.0 Å². The van der Waals surface area contributed by atoms with E-state index in [0.717, 1.165) is 57.3 Å². The van der Waals surface area contributed by atoms with E-state index in [4.69, 9.17) is 9.47 Å². The first-order valence-corrected chi connectivity index (χ1v) is 21.2. The molecule has 1 aromatic carbocycles. The van der Waals surface area contributed by atoms with Gasteiger partial charge in [-0.3, -0.25) is 19.3 Å². The number of aliphatic hydroxyl groups excluding tert-OH is 1. The average Bonchev–Trinajstić information content (AvgIpc) is 3.88. The minimum Gasteiger partial charge on any atom is -0.444 e. The first kappa shape index (κ1) is 44.5. The van der Waals surface area contributed by atoms with Gasteiger partial charge < -0.3 is 40.8 Å². The molecule has 19 heteroatoms. The number of H-pyrrole nitrogens is 1. The minimum absolute atomic E-state index is 0.0757. The second-order valence-electron chi connectivity index (χ2n) is 15.9. The van der Waals surface area contributed by atoms with Crippen molar-refractivity contribution in [1.82, 2.24) is 56.3 Å². The van der Waals surface area contributed by atoms with Gasteiger partial charge in [0.2, 0.25) is 22.9 Å². The fourth-order valence-electron chi connectivity index (χ4n) is 7.03. The largest absolute Gasteiger partial charge is 0.444 e. The summed E-state index contributed by atoms with van der Waals surface area (Å²) >= 11 is 1.19. The lowest BCUT2D eigenvalue weighted by atomic mass is 9.83. The first-order chi connectivity index (χ1) is 27.9. The number of aromatic amines is 1. The number of ether oxygens (including phenoxy) is 2. The molecule has 0 radical (unpaired) electrons. The number of thioether (sulfide) groups is 1. The topological polar surface area (TPSA) is 231 Å². The van der Waals surface area contributed by atoms with E-state index in [1.165, 1.54) is 22.8 Å². The summed E-state index contributed by atoms with van der Waals surface area (Å²) in [6.07, 6.45) is 7.31. The molecule has 318 valence electrons. The maximum atomic E-state index is 14.3. The molecule has 3 heterocycles. The van der Waals surface area contributed by atoms with E-state index in [2.05, 4.69) is 51.7 Å². The molecule has 0 spiro atoms. The molecule has 1 saturated carbocycles. The van der Waals surface area contributed by atoms with Crippen molar-refractivity contribution in [2.45, 2.75) is 114 Å². The Morgan fingerprint density at radius 3 is 2.43 bits per heavy atom. The number of carbonyl (C=O) groups excluding carboxylic acids is 4. The zero-order chi connectivity index (χ0) is 41.3. The molecular formula is C39H59N11O7S. The van der Waals surface area contributed by atoms with Crippen LogP contribution in [0.5, 0.6) is 0 Å². The number of nitrogens with one attached hydrogen (secondary N) is 5. The Morgan fingerprint density at radius 2 is 1.72 bits per heavy atom. The molecule has 6 N–H and O–H groups in total. The maximum Gasteiger partial charge on any atom is 0.408 e. The van der Waals surface area contributed by atoms with Crippen molar-refractivity contribution in [2.75, 3.05) is 45.1 Å². The van der Waals surface area contributed by atoms with Crippen LogP contribution in [0.4, 0.5) is 4.79 Å². The fraction of sp³-hybridized carbons (Fsp3) is 0.641. The molecule has 2 aliphatic rings. The van der Waals surface area contributed by atoms with E-state index in [0.29, 0.717) is 42.9 Å². The summed E-state index contributed by atoms with van der Waals surface area (Å²) in [6, 6.07) is 6.42. The van der Waals surface area contributed by atoms with Gasteiger partial charge >= 0.3 is 6.09 Å². The molecule has 4 atom stereocenters. The minimum atomic E-state index is -1.09. The Kier molecular flexibility index (Phi) is 17.3. The number of morpholine rings is 1. The van der Waals surface area contributed by atoms with Crippen LogP contribution in [0.1, 0.15) is 70.6 Å². The number of aliphatic hydroxyl groups is 1. The van der Waals surface area contributed by atoms with E-state index in [1.54, 1.807) is 27.0 Å². The van der Waals surface area contributed by atoms with Crippen LogP contribution in [-0.2, 0) is 43.2 Å². The SMILES string of the molecule is CC(C)(C)OC(=O)N[C@@H](Cc1ccccc1)C(=O)N[C@@H](Cc1cnc[nH]1)C(=O)N[C@@H](CC1CCCCC1)[C@@H](O)CSc1nnnn1CC(=O)NCCN1CCOCC1. The summed E-state index contributed by atoms with van der Waals surface area (Å²) in [5.74, 6) is -0.886. The van der Waals surface area contributed by atoms with Crippen molar-refractivity contribution in [1.29, 1.82) is 0 Å². The lowest BCUT2D eigenvalue weighted by molar-refractivity contribution is -0.130. The van der Waals surface area contributed by atoms with Crippen LogP contribution in [0.25, 0.3) is 0 Å². The Bertz CT molecular complexity index is 1710. The molecule has 1 aliphatic heterocycles. The highest BCUT2D eigenvalue weighted by molar-refractivity contribution is 7.99. The van der Waals surface area contributed by atoms with Crippen LogP contribution in [0.3, 0.4) is 0 Å². The van der Waals surface area contributed by atoms with Crippen molar-refractivity contribution < 1.29 is 33.8 Å². The van der Waals surface area contributed by atoms with E-state index < -0.39 is 47.7 Å². The van der Waals surface area contributed by atoms with E-state index in [1.807, 2.05) is 30.3 Å². The lowest BCUT2D eigenvalue weighted by Crippen LogP contribution is -2.58. The number of tetrazole rings is 1. The van der Waals surface area contributed by atoms with Crippen LogP contribution < -0.4 is 21.3 Å². The Morgan fingerprint density at radius 1 is 1.00 bits per heavy atom. The average molecular weight is 826 g/mol. The van der Waals surface area contributed by atoms with Gasteiger partial charge in [0.25, 0.3) is 0 Å². The van der Waals surface area contributed by atoms with Crippen molar-refractivity contribution in [3.8, 4) is 0 Å². The zero-order valence-electron chi connectivity index (χ0n) is 33.7. The van der Waals surface area contributed by atoms with Crippen molar-refractivity contribution in [3.63, 3.8) is 0 Å². The standard InChI is InChI=1S/C39H59N11O7S/c1-39(2,3)57-38(55)45-31(21-28-12-8-5-9-13-28)35(53)44-32(22-29-23-40-26-42-29)36(54)43-30(20-27-10-6-4-7-11-27)33(51)25-58-37-46-47-48-50(37)24-34(52)41-14-15-49-16-18-56-19-17-49/h5,8-9,12-13,23,26-27,30-33,51H,4,6-7,10-11,14-22,24-25H2,1-3H3,(H,40,42)(H,41,52)(H,43,54)(H,44,53)(H,45,55)/t30-,31-,32-,33-/m0/s1. The quantitative estimate of drug-likeness (QED) is 0.0892. The number of hydrogen-bond donors (Lipinski definition) is 6. The van der Waals surface area contributed by atoms with Crippen LogP contribution in [-0.4, -0.2) is 139 Å². The van der Waals surface area contributed by atoms with Gasteiger partial charge in [0, 0.05) is 56.7 Å². The Balaban J connectivity index is 1.25. The van der Waals surface area contributed by atoms with E-state index in [9.17, 15) is 24.3 Å². The summed E-state index contributed by atoms with van der Waals surface area (Å²) in [6.45, 7) is 9.35. The molecule has 0 unspecified atom stereocenters. The highest BCUT2D eigenvalue weighted by atomic mass is 32.2. The normalized spacial score (nSPS) is 17.4. The highest BCUT2D eigenvalue weighted by Crippen LogP contribution is 2.29. The molecule has 2 fully saturated rings. The lowest BCUT2D eigenvalue weighted by Gasteiger charge is -2.31. The summed E-state index contributed by atoms with van der Waals surface area (Å²) in [5, 5.41) is 35.4. The molecule has 0 bridgehead atoms. The van der Waals surface area contributed by atoms with Crippen molar-refractivity contribution in [2.24, 2.45) is 5.92 Å². The number of carbonyl (C=O) groups is 4. The summed E-state index contributed by atoms with van der Waals surface area (Å²) in [7, 11) is 0.